The van der Waals surface area contributed by atoms with E-state index < -0.39 is 10.2 Å². The van der Waals surface area contributed by atoms with Gasteiger partial charge >= 0.3 is 0 Å². The number of nitrogens with zero attached hydrogens (tertiary/aromatic N) is 4. The minimum Gasteiger partial charge on any atom is -0.352 e. The molecule has 0 N–H and O–H groups in total. The van der Waals surface area contributed by atoms with Crippen LogP contribution in [0.25, 0.3) is 0 Å². The fraction of sp³-hybridized carbons (Fsp3) is 0.667. The summed E-state index contributed by atoms with van der Waals surface area (Å²) >= 11 is 0. The van der Waals surface area contributed by atoms with E-state index in [4.69, 9.17) is 0 Å². The first-order chi connectivity index (χ1) is 10.6. The number of amides is 1. The average Bonchev–Trinajstić information content (AvgIpc) is 2.74. The molecule has 1 saturated heterocycles. The van der Waals surface area contributed by atoms with Gasteiger partial charge in [-0.25, -0.2) is 0 Å². The van der Waals surface area contributed by atoms with Gasteiger partial charge in [-0.3, -0.25) is 4.79 Å². The second-order valence-corrected chi connectivity index (χ2v) is 8.34. The summed E-state index contributed by atoms with van der Waals surface area (Å²) in [4.78, 5) is 14.2. The molecule has 1 amide bonds. The van der Waals surface area contributed by atoms with Gasteiger partial charge in [-0.15, -0.1) is 0 Å². The quantitative estimate of drug-likeness (QED) is 0.781. The van der Waals surface area contributed by atoms with Gasteiger partial charge in [-0.2, -0.15) is 17.0 Å². The maximum atomic E-state index is 12.5. The third kappa shape index (κ3) is 3.59. The van der Waals surface area contributed by atoms with Gasteiger partial charge in [0.05, 0.1) is 6.42 Å². The Bertz CT molecular complexity index is 686. The van der Waals surface area contributed by atoms with Crippen molar-refractivity contribution in [3.8, 4) is 0 Å². The van der Waals surface area contributed by atoms with Crippen molar-refractivity contribution in [2.24, 2.45) is 7.05 Å². The molecule has 0 spiro atoms. The topological polar surface area (TPSA) is 65.9 Å². The minimum atomic E-state index is -3.39. The second-order valence-electron chi connectivity index (χ2n) is 6.20. The number of carbonyl (C=O) groups is 1. The summed E-state index contributed by atoms with van der Waals surface area (Å²) in [6, 6.07) is 2.04. The van der Waals surface area contributed by atoms with Crippen LogP contribution in [-0.4, -0.2) is 72.7 Å². The molecule has 1 aliphatic heterocycles. The van der Waals surface area contributed by atoms with E-state index in [1.165, 1.54) is 22.7 Å². The summed E-state index contributed by atoms with van der Waals surface area (Å²) < 4.78 is 28.9. The molecule has 8 heteroatoms. The molecule has 23 heavy (non-hydrogen) atoms. The van der Waals surface area contributed by atoms with E-state index in [9.17, 15) is 13.2 Å². The number of aromatic nitrogens is 1. The van der Waals surface area contributed by atoms with Crippen molar-refractivity contribution in [1.29, 1.82) is 0 Å². The van der Waals surface area contributed by atoms with Crippen LogP contribution in [0.5, 0.6) is 0 Å². The smallest absolute Gasteiger partial charge is 0.281 e. The van der Waals surface area contributed by atoms with E-state index in [0.29, 0.717) is 32.6 Å². The Labute approximate surface area is 138 Å². The van der Waals surface area contributed by atoms with Gasteiger partial charge in [-0.1, -0.05) is 0 Å². The molecule has 2 rings (SSSR count). The van der Waals surface area contributed by atoms with Crippen molar-refractivity contribution < 1.29 is 13.2 Å². The monoisotopic (exact) mass is 342 g/mol. The Morgan fingerprint density at radius 3 is 2.17 bits per heavy atom. The highest BCUT2D eigenvalue weighted by Gasteiger charge is 2.30. The van der Waals surface area contributed by atoms with Crippen molar-refractivity contribution in [3.05, 3.63) is 23.0 Å². The SMILES string of the molecule is Cc1cc(CC(=O)N2CCN(S(=O)(=O)N(C)C)CC2)c(C)n1C. The van der Waals surface area contributed by atoms with Crippen LogP contribution in [0.15, 0.2) is 6.07 Å². The molecule has 1 fully saturated rings. The predicted octanol–water partition coefficient (Wildman–Crippen LogP) is 0.135. The van der Waals surface area contributed by atoms with Gasteiger partial charge in [0, 0.05) is 58.7 Å². The lowest BCUT2D eigenvalue weighted by molar-refractivity contribution is -0.131. The minimum absolute atomic E-state index is 0.0561. The molecule has 0 atom stereocenters. The molecule has 0 unspecified atom stereocenters. The summed E-state index contributed by atoms with van der Waals surface area (Å²) in [6.45, 7) is 5.61. The molecule has 0 aliphatic carbocycles. The zero-order valence-corrected chi connectivity index (χ0v) is 15.4. The maximum absolute atomic E-state index is 12.5. The molecule has 1 aliphatic rings. The van der Waals surface area contributed by atoms with Crippen LogP contribution in [0.2, 0.25) is 0 Å². The predicted molar refractivity (Wildman–Crippen MR) is 89.4 cm³/mol. The molecule has 0 aromatic carbocycles. The van der Waals surface area contributed by atoms with E-state index in [0.717, 1.165) is 17.0 Å². The molecule has 2 heterocycles. The number of piperazine rings is 1. The molecule has 0 bridgehead atoms. The Balaban J connectivity index is 1.97. The lowest BCUT2D eigenvalue weighted by Gasteiger charge is -2.35. The first kappa shape index (κ1) is 18.0. The van der Waals surface area contributed by atoms with E-state index in [-0.39, 0.29) is 5.91 Å². The van der Waals surface area contributed by atoms with Gasteiger partial charge in [0.25, 0.3) is 10.2 Å². The van der Waals surface area contributed by atoms with E-state index in [1.54, 1.807) is 4.90 Å². The molecular weight excluding hydrogens is 316 g/mol. The Morgan fingerprint density at radius 1 is 1.17 bits per heavy atom. The van der Waals surface area contributed by atoms with E-state index >= 15 is 0 Å². The lowest BCUT2D eigenvalue weighted by atomic mass is 10.1. The highest BCUT2D eigenvalue weighted by Crippen LogP contribution is 2.16. The van der Waals surface area contributed by atoms with Crippen molar-refractivity contribution in [2.75, 3.05) is 40.3 Å². The summed E-state index contributed by atoms with van der Waals surface area (Å²) in [5.74, 6) is 0.0561. The van der Waals surface area contributed by atoms with Crippen LogP contribution in [0.1, 0.15) is 17.0 Å². The van der Waals surface area contributed by atoms with Crippen LogP contribution < -0.4 is 0 Å². The fourth-order valence-corrected chi connectivity index (χ4v) is 3.87. The summed E-state index contributed by atoms with van der Waals surface area (Å²) in [5.41, 5.74) is 3.27. The molecule has 0 radical (unpaired) electrons. The second kappa shape index (κ2) is 6.62. The zero-order valence-electron chi connectivity index (χ0n) is 14.5. The van der Waals surface area contributed by atoms with E-state index in [1.807, 2.05) is 27.0 Å². The van der Waals surface area contributed by atoms with Gasteiger partial charge in [0.1, 0.15) is 0 Å². The normalized spacial score (nSPS) is 17.0. The van der Waals surface area contributed by atoms with Gasteiger partial charge in [-0.05, 0) is 25.5 Å². The van der Waals surface area contributed by atoms with Crippen LogP contribution >= 0.6 is 0 Å². The Kier molecular flexibility index (Phi) is 5.17. The third-order valence-electron chi connectivity index (χ3n) is 4.60. The molecule has 0 saturated carbocycles. The van der Waals surface area contributed by atoms with Crippen molar-refractivity contribution in [2.45, 2.75) is 20.3 Å². The number of hydrogen-bond donors (Lipinski definition) is 0. The first-order valence-electron chi connectivity index (χ1n) is 7.71. The number of aryl methyl sites for hydroxylation is 1. The highest BCUT2D eigenvalue weighted by molar-refractivity contribution is 7.86. The molecule has 1 aromatic rings. The van der Waals surface area contributed by atoms with Crippen LogP contribution in [0, 0.1) is 13.8 Å². The summed E-state index contributed by atoms with van der Waals surface area (Å²) in [5, 5.41) is 0. The van der Waals surface area contributed by atoms with Gasteiger partial charge in [0.15, 0.2) is 0 Å². The van der Waals surface area contributed by atoms with Gasteiger partial charge < -0.3 is 9.47 Å². The van der Waals surface area contributed by atoms with Crippen LogP contribution in [-0.2, 0) is 28.5 Å². The first-order valence-corrected chi connectivity index (χ1v) is 9.11. The maximum Gasteiger partial charge on any atom is 0.281 e. The molecular formula is C15H26N4O3S. The fourth-order valence-electron chi connectivity index (χ4n) is 2.79. The molecule has 130 valence electrons. The van der Waals surface area contributed by atoms with E-state index in [2.05, 4.69) is 4.57 Å². The number of hydrogen-bond acceptors (Lipinski definition) is 3. The largest absolute Gasteiger partial charge is 0.352 e. The van der Waals surface area contributed by atoms with Gasteiger partial charge in [0.2, 0.25) is 5.91 Å². The average molecular weight is 342 g/mol. The third-order valence-corrected chi connectivity index (χ3v) is 6.54. The van der Waals surface area contributed by atoms with Crippen molar-refractivity contribution in [3.63, 3.8) is 0 Å². The molecule has 1 aromatic heterocycles. The Hall–Kier alpha value is -1.38. The number of carbonyl (C=O) groups excluding carboxylic acids is 1. The van der Waals surface area contributed by atoms with Crippen LogP contribution in [0.4, 0.5) is 0 Å². The van der Waals surface area contributed by atoms with Crippen molar-refractivity contribution in [1.82, 2.24) is 18.1 Å². The number of rotatable bonds is 4. The summed E-state index contributed by atoms with van der Waals surface area (Å²) in [6.07, 6.45) is 0.369. The lowest BCUT2D eigenvalue weighted by Crippen LogP contribution is -2.53. The van der Waals surface area contributed by atoms with Crippen molar-refractivity contribution >= 4 is 16.1 Å². The Morgan fingerprint density at radius 2 is 1.74 bits per heavy atom. The zero-order chi connectivity index (χ0) is 17.4. The standard InChI is InChI=1S/C15H26N4O3S/c1-12-10-14(13(2)17(12)5)11-15(20)18-6-8-19(9-7-18)23(21,22)16(3)4/h10H,6-9,11H2,1-5H3. The summed E-state index contributed by atoms with van der Waals surface area (Å²) in [7, 11) is 1.64. The highest BCUT2D eigenvalue weighted by atomic mass is 32.2. The molecule has 7 nitrogen and oxygen atoms in total. The van der Waals surface area contributed by atoms with Crippen LogP contribution in [0.3, 0.4) is 0 Å².